The molecule has 2 fully saturated rings. The van der Waals surface area contributed by atoms with Crippen molar-refractivity contribution in [1.82, 2.24) is 9.80 Å². The fourth-order valence-electron chi connectivity index (χ4n) is 4.28. The van der Waals surface area contributed by atoms with E-state index in [1.165, 1.54) is 29.2 Å². The summed E-state index contributed by atoms with van der Waals surface area (Å²) in [5.41, 5.74) is 0.858. The first-order valence-electron chi connectivity index (χ1n) is 10.9. The Kier molecular flexibility index (Phi) is 6.81. The lowest BCUT2D eigenvalue weighted by atomic mass is 9.95. The molecule has 33 heavy (non-hydrogen) atoms. The van der Waals surface area contributed by atoms with Crippen LogP contribution in [0.15, 0.2) is 60.2 Å². The second-order valence-electron chi connectivity index (χ2n) is 8.01. The first kappa shape index (κ1) is 22.6. The van der Waals surface area contributed by atoms with Crippen LogP contribution in [0.5, 0.6) is 0 Å². The van der Waals surface area contributed by atoms with Crippen LogP contribution in [-0.2, 0) is 14.3 Å². The molecular weight excluding hydrogens is 426 g/mol. The SMILES string of the molecule is O=C1C(=O)N(CCCN2CCOCC2)C(c2ccc([N+](=O)[O-])cc2)/C1=C(\O)c1ccccc1. The van der Waals surface area contributed by atoms with Gasteiger partial charge in [-0.2, -0.15) is 0 Å². The van der Waals surface area contributed by atoms with Gasteiger partial charge >= 0.3 is 0 Å². The number of rotatable bonds is 7. The Morgan fingerprint density at radius 3 is 2.33 bits per heavy atom. The van der Waals surface area contributed by atoms with Crippen molar-refractivity contribution in [1.29, 1.82) is 0 Å². The van der Waals surface area contributed by atoms with Crippen molar-refractivity contribution in [3.8, 4) is 0 Å². The molecule has 0 saturated carbocycles. The summed E-state index contributed by atoms with van der Waals surface area (Å²) in [6, 6.07) is 13.5. The Hall–Kier alpha value is -3.56. The van der Waals surface area contributed by atoms with Crippen LogP contribution in [-0.4, -0.2) is 70.9 Å². The van der Waals surface area contributed by atoms with Crippen LogP contribution in [0.1, 0.15) is 23.6 Å². The number of hydrogen-bond acceptors (Lipinski definition) is 7. The number of ketones is 1. The number of morpholine rings is 1. The number of nitrogens with zero attached hydrogens (tertiary/aromatic N) is 3. The van der Waals surface area contributed by atoms with Gasteiger partial charge in [0.05, 0.1) is 29.8 Å². The molecule has 0 radical (unpaired) electrons. The smallest absolute Gasteiger partial charge is 0.295 e. The maximum atomic E-state index is 13.0. The van der Waals surface area contributed by atoms with Crippen molar-refractivity contribution in [3.63, 3.8) is 0 Å². The Labute approximate surface area is 191 Å². The Bertz CT molecular complexity index is 1060. The molecular formula is C24H25N3O6. The van der Waals surface area contributed by atoms with Gasteiger partial charge in [0.25, 0.3) is 17.4 Å². The first-order chi connectivity index (χ1) is 16.0. The first-order valence-corrected chi connectivity index (χ1v) is 10.9. The van der Waals surface area contributed by atoms with Crippen LogP contribution in [0.3, 0.4) is 0 Å². The molecule has 2 saturated heterocycles. The lowest BCUT2D eigenvalue weighted by Crippen LogP contribution is -2.38. The summed E-state index contributed by atoms with van der Waals surface area (Å²) in [7, 11) is 0. The predicted molar refractivity (Wildman–Crippen MR) is 120 cm³/mol. The summed E-state index contributed by atoms with van der Waals surface area (Å²) < 4.78 is 5.36. The Morgan fingerprint density at radius 2 is 1.70 bits per heavy atom. The second kappa shape index (κ2) is 9.93. The molecule has 9 heteroatoms. The highest BCUT2D eigenvalue weighted by molar-refractivity contribution is 6.46. The summed E-state index contributed by atoms with van der Waals surface area (Å²) in [4.78, 5) is 40.3. The maximum Gasteiger partial charge on any atom is 0.295 e. The summed E-state index contributed by atoms with van der Waals surface area (Å²) in [5.74, 6) is -1.70. The van der Waals surface area contributed by atoms with Crippen molar-refractivity contribution in [2.45, 2.75) is 12.5 Å². The average Bonchev–Trinajstić information content (AvgIpc) is 3.10. The number of ether oxygens (including phenoxy) is 1. The molecule has 2 aliphatic rings. The molecule has 1 N–H and O–H groups in total. The van der Waals surface area contributed by atoms with Crippen molar-refractivity contribution in [2.24, 2.45) is 0 Å². The molecule has 2 aromatic carbocycles. The van der Waals surface area contributed by atoms with Gasteiger partial charge < -0.3 is 14.7 Å². The average molecular weight is 451 g/mol. The molecule has 172 valence electrons. The van der Waals surface area contributed by atoms with Gasteiger partial charge in [-0.15, -0.1) is 0 Å². The molecule has 0 aliphatic carbocycles. The number of nitro benzene ring substituents is 1. The number of carbonyl (C=O) groups is 2. The molecule has 9 nitrogen and oxygen atoms in total. The molecule has 0 bridgehead atoms. The molecule has 1 unspecified atom stereocenters. The quantitative estimate of drug-likeness (QED) is 0.226. The molecule has 2 aromatic rings. The third-order valence-corrected chi connectivity index (χ3v) is 5.98. The minimum atomic E-state index is -0.823. The molecule has 1 amide bonds. The number of carbonyl (C=O) groups excluding carboxylic acids is 2. The van der Waals surface area contributed by atoms with E-state index in [1.807, 2.05) is 0 Å². The number of non-ortho nitro benzene ring substituents is 1. The van der Waals surface area contributed by atoms with Crippen LogP contribution in [0.4, 0.5) is 5.69 Å². The minimum Gasteiger partial charge on any atom is -0.507 e. The number of benzene rings is 2. The zero-order chi connectivity index (χ0) is 23.4. The van der Waals surface area contributed by atoms with Gasteiger partial charge in [0, 0.05) is 43.9 Å². The van der Waals surface area contributed by atoms with Crippen LogP contribution in [0.2, 0.25) is 0 Å². The van der Waals surface area contributed by atoms with E-state index in [2.05, 4.69) is 4.90 Å². The van der Waals surface area contributed by atoms with Gasteiger partial charge in [0.2, 0.25) is 0 Å². The lowest BCUT2D eigenvalue weighted by Gasteiger charge is -2.29. The maximum absolute atomic E-state index is 13.0. The van der Waals surface area contributed by atoms with Gasteiger partial charge in [-0.25, -0.2) is 0 Å². The third-order valence-electron chi connectivity index (χ3n) is 5.98. The van der Waals surface area contributed by atoms with E-state index in [0.29, 0.717) is 37.3 Å². The van der Waals surface area contributed by atoms with E-state index >= 15 is 0 Å². The molecule has 1 atom stereocenters. The van der Waals surface area contributed by atoms with Crippen LogP contribution >= 0.6 is 0 Å². The number of Topliss-reactive ketones (excluding diaryl/α,β-unsaturated/α-hetero) is 1. The minimum absolute atomic E-state index is 0.00794. The number of nitro groups is 1. The molecule has 2 heterocycles. The van der Waals surface area contributed by atoms with Crippen LogP contribution < -0.4 is 0 Å². The van der Waals surface area contributed by atoms with Gasteiger partial charge in [-0.1, -0.05) is 30.3 Å². The standard InChI is InChI=1S/C24H25N3O6/c28-22(18-5-2-1-3-6-18)20-21(17-7-9-19(10-8-17)27(31)32)26(24(30)23(20)29)12-4-11-25-13-15-33-16-14-25/h1-3,5-10,21,28H,4,11-16H2/b22-20+. The molecule has 4 rings (SSSR count). The highest BCUT2D eigenvalue weighted by atomic mass is 16.6. The van der Waals surface area contributed by atoms with Crippen molar-refractivity contribution < 1.29 is 24.4 Å². The van der Waals surface area contributed by atoms with E-state index in [1.54, 1.807) is 30.3 Å². The van der Waals surface area contributed by atoms with Crippen molar-refractivity contribution in [3.05, 3.63) is 81.4 Å². The normalized spacial score (nSPS) is 20.8. The largest absolute Gasteiger partial charge is 0.507 e. The second-order valence-corrected chi connectivity index (χ2v) is 8.01. The number of aliphatic hydroxyl groups is 1. The van der Waals surface area contributed by atoms with E-state index in [0.717, 1.165) is 19.6 Å². The summed E-state index contributed by atoms with van der Waals surface area (Å²) in [6.45, 7) is 4.04. The van der Waals surface area contributed by atoms with Gasteiger partial charge in [-0.05, 0) is 24.1 Å². The third kappa shape index (κ3) is 4.79. The van der Waals surface area contributed by atoms with Gasteiger partial charge in [-0.3, -0.25) is 24.6 Å². The topological polar surface area (TPSA) is 113 Å². The van der Waals surface area contributed by atoms with E-state index < -0.39 is 22.7 Å². The molecule has 2 aliphatic heterocycles. The Morgan fingerprint density at radius 1 is 1.03 bits per heavy atom. The number of likely N-dealkylation sites (tertiary alicyclic amines) is 1. The van der Waals surface area contributed by atoms with E-state index in [9.17, 15) is 24.8 Å². The zero-order valence-electron chi connectivity index (χ0n) is 18.1. The lowest BCUT2D eigenvalue weighted by molar-refractivity contribution is -0.384. The highest BCUT2D eigenvalue weighted by Gasteiger charge is 2.45. The van der Waals surface area contributed by atoms with E-state index in [-0.39, 0.29) is 17.0 Å². The Balaban J connectivity index is 1.67. The van der Waals surface area contributed by atoms with Crippen molar-refractivity contribution >= 4 is 23.1 Å². The van der Waals surface area contributed by atoms with Gasteiger partial charge in [0.15, 0.2) is 0 Å². The summed E-state index contributed by atoms with van der Waals surface area (Å²) >= 11 is 0. The zero-order valence-corrected chi connectivity index (χ0v) is 18.1. The van der Waals surface area contributed by atoms with Crippen molar-refractivity contribution in [2.75, 3.05) is 39.4 Å². The number of aliphatic hydroxyl groups excluding tert-OH is 1. The number of hydrogen-bond donors (Lipinski definition) is 1. The fourth-order valence-corrected chi connectivity index (χ4v) is 4.28. The fraction of sp³-hybridized carbons (Fsp3) is 0.333. The number of amides is 1. The highest BCUT2D eigenvalue weighted by Crippen LogP contribution is 2.39. The summed E-state index contributed by atoms with van der Waals surface area (Å²) in [5, 5.41) is 22.1. The van der Waals surface area contributed by atoms with Gasteiger partial charge in [0.1, 0.15) is 5.76 Å². The van der Waals surface area contributed by atoms with Crippen LogP contribution in [0.25, 0.3) is 5.76 Å². The molecule has 0 aromatic heterocycles. The van der Waals surface area contributed by atoms with Crippen LogP contribution in [0, 0.1) is 10.1 Å². The summed E-state index contributed by atoms with van der Waals surface area (Å²) in [6.07, 6.45) is 0.641. The molecule has 0 spiro atoms. The predicted octanol–water partition coefficient (Wildman–Crippen LogP) is 2.74. The monoisotopic (exact) mass is 451 g/mol. The van der Waals surface area contributed by atoms with E-state index in [4.69, 9.17) is 4.74 Å².